The second-order valence-corrected chi connectivity index (χ2v) is 9.01. The van der Waals surface area contributed by atoms with Gasteiger partial charge in [0, 0.05) is 36.4 Å². The molecule has 2 saturated heterocycles. The summed E-state index contributed by atoms with van der Waals surface area (Å²) in [7, 11) is 1.98. The van der Waals surface area contributed by atoms with Gasteiger partial charge in [0.05, 0.1) is 5.69 Å². The number of amides is 1. The van der Waals surface area contributed by atoms with Crippen molar-refractivity contribution >= 4 is 5.91 Å². The molecule has 1 aromatic carbocycles. The van der Waals surface area contributed by atoms with Crippen molar-refractivity contribution in [3.8, 4) is 5.69 Å². The molecular weight excluding hydrogens is 348 g/mol. The first-order valence-corrected chi connectivity index (χ1v) is 10.7. The third-order valence-electron chi connectivity index (χ3n) is 7.03. The smallest absolute Gasteiger partial charge is 0.274 e. The van der Waals surface area contributed by atoms with E-state index >= 15 is 0 Å². The highest BCUT2D eigenvalue weighted by atomic mass is 16.2. The van der Waals surface area contributed by atoms with E-state index in [1.807, 2.05) is 16.6 Å². The molecule has 1 N–H and O–H groups in total. The monoisotopic (exact) mass is 378 g/mol. The van der Waals surface area contributed by atoms with Crippen LogP contribution in [0.15, 0.2) is 18.2 Å². The van der Waals surface area contributed by atoms with Crippen LogP contribution in [0, 0.1) is 13.8 Å². The Morgan fingerprint density at radius 3 is 2.64 bits per heavy atom. The van der Waals surface area contributed by atoms with E-state index in [-0.39, 0.29) is 5.91 Å². The second-order valence-electron chi connectivity index (χ2n) is 9.01. The summed E-state index contributed by atoms with van der Waals surface area (Å²) in [5, 5.41) is 8.55. The molecular formula is C23H30N4O. The number of rotatable bonds is 3. The molecule has 2 unspecified atom stereocenters. The number of hydrogen-bond donors (Lipinski definition) is 1. The first kappa shape index (κ1) is 17.9. The summed E-state index contributed by atoms with van der Waals surface area (Å²) in [6.07, 6.45) is 7.72. The van der Waals surface area contributed by atoms with Gasteiger partial charge in [-0.15, -0.1) is 0 Å². The minimum absolute atomic E-state index is 0.105. The van der Waals surface area contributed by atoms with E-state index in [4.69, 9.17) is 5.10 Å². The number of nitrogens with one attached hydrogen (secondary N) is 1. The van der Waals surface area contributed by atoms with Crippen LogP contribution in [0.3, 0.4) is 0 Å². The first-order chi connectivity index (χ1) is 13.5. The van der Waals surface area contributed by atoms with Crippen molar-refractivity contribution in [1.82, 2.24) is 20.0 Å². The first-order valence-electron chi connectivity index (χ1n) is 10.7. The third kappa shape index (κ3) is 2.87. The lowest BCUT2D eigenvalue weighted by Crippen LogP contribution is -2.48. The van der Waals surface area contributed by atoms with Gasteiger partial charge in [0.1, 0.15) is 0 Å². The highest BCUT2D eigenvalue weighted by molar-refractivity contribution is 5.94. The lowest BCUT2D eigenvalue weighted by atomic mass is 9.98. The molecule has 5 nitrogen and oxygen atoms in total. The molecule has 0 spiro atoms. The van der Waals surface area contributed by atoms with Crippen LogP contribution in [-0.2, 0) is 12.8 Å². The number of fused-ring (bicyclic) bond motifs is 3. The molecule has 3 heterocycles. The summed E-state index contributed by atoms with van der Waals surface area (Å²) in [5.74, 6) is 0.105. The zero-order valence-electron chi connectivity index (χ0n) is 17.2. The number of benzene rings is 1. The Hall–Kier alpha value is -2.14. The summed E-state index contributed by atoms with van der Waals surface area (Å²) >= 11 is 0. The van der Waals surface area contributed by atoms with E-state index in [9.17, 15) is 4.79 Å². The van der Waals surface area contributed by atoms with E-state index in [0.29, 0.717) is 23.8 Å². The molecule has 1 amide bonds. The van der Waals surface area contributed by atoms with Crippen LogP contribution in [0.4, 0.5) is 0 Å². The average molecular weight is 379 g/mol. The van der Waals surface area contributed by atoms with E-state index < -0.39 is 0 Å². The van der Waals surface area contributed by atoms with Gasteiger partial charge in [0.2, 0.25) is 0 Å². The Morgan fingerprint density at radius 2 is 1.93 bits per heavy atom. The lowest BCUT2D eigenvalue weighted by molar-refractivity contribution is 0.0674. The topological polar surface area (TPSA) is 50.2 Å². The van der Waals surface area contributed by atoms with Gasteiger partial charge >= 0.3 is 0 Å². The van der Waals surface area contributed by atoms with Gasteiger partial charge in [-0.2, -0.15) is 5.10 Å². The van der Waals surface area contributed by atoms with E-state index in [1.54, 1.807) is 0 Å². The minimum Gasteiger partial charge on any atom is -0.337 e. The fraction of sp³-hybridized carbons (Fsp3) is 0.565. The molecule has 2 aliphatic heterocycles. The molecule has 5 rings (SSSR count). The Balaban J connectivity index is 1.48. The summed E-state index contributed by atoms with van der Waals surface area (Å²) < 4.78 is 2.05. The maximum Gasteiger partial charge on any atom is 0.274 e. The van der Waals surface area contributed by atoms with Gasteiger partial charge in [0.15, 0.2) is 5.69 Å². The Labute approximate surface area is 167 Å². The molecule has 1 aliphatic carbocycles. The third-order valence-corrected chi connectivity index (χ3v) is 7.03. The van der Waals surface area contributed by atoms with Crippen molar-refractivity contribution in [3.05, 3.63) is 46.3 Å². The Kier molecular flexibility index (Phi) is 4.31. The Bertz CT molecular complexity index is 919. The number of aryl methyl sites for hydroxylation is 2. The largest absolute Gasteiger partial charge is 0.337 e. The molecule has 2 fully saturated rings. The summed E-state index contributed by atoms with van der Waals surface area (Å²) in [5.41, 5.74) is 6.65. The van der Waals surface area contributed by atoms with Gasteiger partial charge in [0.25, 0.3) is 5.91 Å². The molecule has 0 saturated carbocycles. The van der Waals surface area contributed by atoms with Crippen LogP contribution in [-0.4, -0.2) is 45.8 Å². The van der Waals surface area contributed by atoms with Crippen LogP contribution in [0.25, 0.3) is 5.69 Å². The molecule has 5 heteroatoms. The normalized spacial score (nSPS) is 25.8. The predicted octanol–water partition coefficient (Wildman–Crippen LogP) is 3.33. The molecule has 0 radical (unpaired) electrons. The quantitative estimate of drug-likeness (QED) is 0.891. The van der Waals surface area contributed by atoms with Crippen molar-refractivity contribution in [1.29, 1.82) is 0 Å². The maximum absolute atomic E-state index is 13.5. The predicted molar refractivity (Wildman–Crippen MR) is 110 cm³/mol. The summed E-state index contributed by atoms with van der Waals surface area (Å²) in [6.45, 7) is 4.24. The highest BCUT2D eigenvalue weighted by Crippen LogP contribution is 2.33. The van der Waals surface area contributed by atoms with Crippen molar-refractivity contribution in [3.63, 3.8) is 0 Å². The van der Waals surface area contributed by atoms with Crippen LogP contribution in [0.1, 0.15) is 65.0 Å². The lowest BCUT2D eigenvalue weighted by Gasteiger charge is -2.35. The number of carbonyl (C=O) groups is 1. The van der Waals surface area contributed by atoms with Crippen molar-refractivity contribution < 1.29 is 4.79 Å². The molecule has 1 aromatic heterocycles. The van der Waals surface area contributed by atoms with E-state index in [1.165, 1.54) is 35.2 Å². The van der Waals surface area contributed by atoms with Gasteiger partial charge in [-0.05, 0) is 70.4 Å². The van der Waals surface area contributed by atoms with E-state index in [0.717, 1.165) is 37.8 Å². The molecule has 2 aromatic rings. The zero-order valence-corrected chi connectivity index (χ0v) is 17.2. The highest BCUT2D eigenvalue weighted by Gasteiger charge is 2.38. The van der Waals surface area contributed by atoms with Crippen LogP contribution >= 0.6 is 0 Å². The van der Waals surface area contributed by atoms with Crippen LogP contribution in [0.2, 0.25) is 0 Å². The van der Waals surface area contributed by atoms with E-state index in [2.05, 4.69) is 37.4 Å². The zero-order chi connectivity index (χ0) is 19.4. The van der Waals surface area contributed by atoms with Crippen molar-refractivity contribution in [2.24, 2.45) is 0 Å². The fourth-order valence-corrected chi connectivity index (χ4v) is 5.53. The number of hydrogen-bond acceptors (Lipinski definition) is 3. The fourth-order valence-electron chi connectivity index (χ4n) is 5.53. The van der Waals surface area contributed by atoms with Gasteiger partial charge in [-0.25, -0.2) is 4.68 Å². The molecule has 28 heavy (non-hydrogen) atoms. The average Bonchev–Trinajstić information content (AvgIpc) is 3.36. The Morgan fingerprint density at radius 1 is 1.18 bits per heavy atom. The van der Waals surface area contributed by atoms with Crippen molar-refractivity contribution in [2.45, 2.75) is 76.9 Å². The van der Waals surface area contributed by atoms with Gasteiger partial charge < -0.3 is 10.2 Å². The molecule has 148 valence electrons. The second kappa shape index (κ2) is 6.73. The number of nitrogens with zero attached hydrogens (tertiary/aromatic N) is 3. The molecule has 2 bridgehead atoms. The molecule has 3 aliphatic rings. The summed E-state index contributed by atoms with van der Waals surface area (Å²) in [4.78, 5) is 15.4. The maximum atomic E-state index is 13.5. The number of aromatic nitrogens is 2. The van der Waals surface area contributed by atoms with Crippen molar-refractivity contribution in [2.75, 3.05) is 7.05 Å². The standard InChI is InChI=1S/C23H30N4O/c1-14-7-10-20(15(2)11-14)27-21-6-4-5-19(21)22(25-27)23(28)26(3)18-12-16-8-9-17(13-18)24-16/h7,10-11,16-18,24H,4-6,8-9,12-13H2,1-3H3. The van der Waals surface area contributed by atoms with Crippen LogP contribution in [0.5, 0.6) is 0 Å². The van der Waals surface area contributed by atoms with Crippen LogP contribution < -0.4 is 5.32 Å². The SMILES string of the molecule is Cc1ccc(-n2nc(C(=O)N(C)C3CC4CCC(C3)N4)c3c2CCC3)c(C)c1. The van der Waals surface area contributed by atoms with Gasteiger partial charge in [-0.3, -0.25) is 4.79 Å². The molecule has 2 atom stereocenters. The number of carbonyl (C=O) groups excluding carboxylic acids is 1. The minimum atomic E-state index is 0.105. The van der Waals surface area contributed by atoms with Gasteiger partial charge in [-0.1, -0.05) is 17.7 Å². The summed E-state index contributed by atoms with van der Waals surface area (Å²) in [6, 6.07) is 7.95. The number of piperidine rings is 1.